The quantitative estimate of drug-likeness (QED) is 0.873. The van der Waals surface area contributed by atoms with Crippen LogP contribution in [0.15, 0.2) is 36.7 Å². The molecule has 1 fully saturated rings. The van der Waals surface area contributed by atoms with E-state index in [4.69, 9.17) is 4.74 Å². The number of ether oxygens (including phenoxy) is 1. The van der Waals surface area contributed by atoms with Crippen LogP contribution in [0.2, 0.25) is 0 Å². The summed E-state index contributed by atoms with van der Waals surface area (Å²) in [6.45, 7) is 2.94. The summed E-state index contributed by atoms with van der Waals surface area (Å²) < 4.78 is 4.89. The third-order valence-electron chi connectivity index (χ3n) is 3.83. The van der Waals surface area contributed by atoms with E-state index < -0.39 is 0 Å². The van der Waals surface area contributed by atoms with E-state index in [1.807, 2.05) is 29.2 Å². The van der Waals surface area contributed by atoms with Crippen molar-refractivity contribution in [2.45, 2.75) is 0 Å². The number of methoxy groups -OCH3 is 1. The van der Waals surface area contributed by atoms with Crippen molar-refractivity contribution in [3.63, 3.8) is 0 Å². The number of nitrogens with zero attached hydrogens (tertiary/aromatic N) is 5. The first-order valence-corrected chi connectivity index (χ1v) is 7.79. The van der Waals surface area contributed by atoms with Crippen molar-refractivity contribution in [3.8, 4) is 0 Å². The summed E-state index contributed by atoms with van der Waals surface area (Å²) in [5.41, 5.74) is 0.914. The lowest BCUT2D eigenvalue weighted by Crippen LogP contribution is -2.50. The number of aromatic nitrogens is 3. The Bertz CT molecular complexity index is 656. The monoisotopic (exact) mass is 328 g/mol. The van der Waals surface area contributed by atoms with E-state index in [0.717, 1.165) is 24.6 Å². The number of amides is 1. The second-order valence-corrected chi connectivity index (χ2v) is 5.44. The molecule has 3 heterocycles. The maximum absolute atomic E-state index is 11.8. The number of carbonyl (C=O) groups excluding carboxylic acids is 1. The molecule has 1 saturated heterocycles. The van der Waals surface area contributed by atoms with Gasteiger partial charge in [0.1, 0.15) is 6.61 Å². The van der Waals surface area contributed by atoms with Crippen LogP contribution < -0.4 is 10.2 Å². The standard InChI is InChI=1S/C16H20N6O2/c1-24-12-16(23)22-10-8-21(9-11-22)15-3-2-14(19-20-15)18-13-4-6-17-7-5-13/h2-7H,8-12H2,1H3,(H,17,18,19). The maximum atomic E-state index is 11.8. The van der Waals surface area contributed by atoms with Crippen LogP contribution in [0.3, 0.4) is 0 Å². The van der Waals surface area contributed by atoms with Crippen LogP contribution in [-0.4, -0.2) is 65.9 Å². The number of pyridine rings is 1. The van der Waals surface area contributed by atoms with Gasteiger partial charge in [-0.2, -0.15) is 0 Å². The van der Waals surface area contributed by atoms with Gasteiger partial charge in [-0.1, -0.05) is 0 Å². The minimum atomic E-state index is 0.0279. The highest BCUT2D eigenvalue weighted by molar-refractivity contribution is 5.77. The van der Waals surface area contributed by atoms with Gasteiger partial charge in [0.15, 0.2) is 11.6 Å². The van der Waals surface area contributed by atoms with Crippen molar-refractivity contribution < 1.29 is 9.53 Å². The fourth-order valence-electron chi connectivity index (χ4n) is 2.54. The van der Waals surface area contributed by atoms with Gasteiger partial charge >= 0.3 is 0 Å². The molecule has 1 N–H and O–H groups in total. The first-order valence-electron chi connectivity index (χ1n) is 7.79. The van der Waals surface area contributed by atoms with Crippen LogP contribution in [0.1, 0.15) is 0 Å². The zero-order valence-electron chi connectivity index (χ0n) is 13.6. The number of hydrogen-bond acceptors (Lipinski definition) is 7. The van der Waals surface area contributed by atoms with Crippen molar-refractivity contribution in [1.82, 2.24) is 20.1 Å². The molecule has 0 saturated carbocycles. The lowest BCUT2D eigenvalue weighted by Gasteiger charge is -2.35. The zero-order valence-corrected chi connectivity index (χ0v) is 13.6. The molecule has 3 rings (SSSR count). The second kappa shape index (κ2) is 7.69. The van der Waals surface area contributed by atoms with E-state index in [9.17, 15) is 4.79 Å². The van der Waals surface area contributed by atoms with Gasteiger partial charge in [0.25, 0.3) is 0 Å². The van der Waals surface area contributed by atoms with Gasteiger partial charge in [-0.3, -0.25) is 9.78 Å². The highest BCUT2D eigenvalue weighted by Gasteiger charge is 2.21. The smallest absolute Gasteiger partial charge is 0.248 e. The minimum absolute atomic E-state index is 0.0279. The lowest BCUT2D eigenvalue weighted by atomic mass is 10.3. The van der Waals surface area contributed by atoms with E-state index in [1.54, 1.807) is 12.4 Å². The predicted octanol–water partition coefficient (Wildman–Crippen LogP) is 0.910. The highest BCUT2D eigenvalue weighted by Crippen LogP contribution is 2.17. The van der Waals surface area contributed by atoms with E-state index in [1.165, 1.54) is 7.11 Å². The molecule has 8 heteroatoms. The van der Waals surface area contributed by atoms with Gasteiger partial charge in [0, 0.05) is 51.4 Å². The van der Waals surface area contributed by atoms with E-state index in [-0.39, 0.29) is 12.5 Å². The first kappa shape index (κ1) is 16.1. The average molecular weight is 328 g/mol. The number of anilines is 3. The van der Waals surface area contributed by atoms with Crippen LogP contribution in [0, 0.1) is 0 Å². The van der Waals surface area contributed by atoms with Crippen molar-refractivity contribution >= 4 is 23.2 Å². The molecule has 2 aromatic heterocycles. The molecular formula is C16H20N6O2. The Labute approximate surface area is 140 Å². The predicted molar refractivity (Wildman–Crippen MR) is 90.2 cm³/mol. The van der Waals surface area contributed by atoms with Crippen molar-refractivity contribution in [1.29, 1.82) is 0 Å². The Morgan fingerprint density at radius 3 is 2.50 bits per heavy atom. The molecule has 126 valence electrons. The fourth-order valence-corrected chi connectivity index (χ4v) is 2.54. The third kappa shape index (κ3) is 3.96. The number of carbonyl (C=O) groups is 1. The summed E-state index contributed by atoms with van der Waals surface area (Å²) in [6, 6.07) is 7.56. The molecule has 0 bridgehead atoms. The van der Waals surface area contributed by atoms with Crippen molar-refractivity contribution in [2.75, 3.05) is 50.1 Å². The molecule has 0 aromatic carbocycles. The average Bonchev–Trinajstić information content (AvgIpc) is 2.64. The topological polar surface area (TPSA) is 83.5 Å². The summed E-state index contributed by atoms with van der Waals surface area (Å²) in [5, 5.41) is 11.7. The molecule has 0 unspecified atom stereocenters. The molecule has 1 amide bonds. The molecule has 0 atom stereocenters. The van der Waals surface area contributed by atoms with Crippen molar-refractivity contribution in [2.24, 2.45) is 0 Å². The van der Waals surface area contributed by atoms with Gasteiger partial charge in [0.05, 0.1) is 0 Å². The molecule has 24 heavy (non-hydrogen) atoms. The fraction of sp³-hybridized carbons (Fsp3) is 0.375. The van der Waals surface area contributed by atoms with Gasteiger partial charge < -0.3 is 19.9 Å². The minimum Gasteiger partial charge on any atom is -0.375 e. The summed E-state index contributed by atoms with van der Waals surface area (Å²) >= 11 is 0. The molecule has 8 nitrogen and oxygen atoms in total. The SMILES string of the molecule is COCC(=O)N1CCN(c2ccc(Nc3ccncc3)nn2)CC1. The van der Waals surface area contributed by atoms with Crippen LogP contribution in [0.25, 0.3) is 0 Å². The van der Waals surface area contributed by atoms with E-state index in [2.05, 4.69) is 25.4 Å². The molecule has 0 aliphatic carbocycles. The van der Waals surface area contributed by atoms with Crippen LogP contribution >= 0.6 is 0 Å². The molecule has 0 radical (unpaired) electrons. The number of nitrogens with one attached hydrogen (secondary N) is 1. The lowest BCUT2D eigenvalue weighted by molar-refractivity contribution is -0.135. The largest absolute Gasteiger partial charge is 0.375 e. The highest BCUT2D eigenvalue weighted by atomic mass is 16.5. The molecular weight excluding hydrogens is 308 g/mol. The third-order valence-corrected chi connectivity index (χ3v) is 3.83. The summed E-state index contributed by atoms with van der Waals surface area (Å²) in [5.74, 6) is 1.52. The second-order valence-electron chi connectivity index (χ2n) is 5.44. The van der Waals surface area contributed by atoms with Crippen LogP contribution in [0.4, 0.5) is 17.3 Å². The molecule has 2 aromatic rings. The first-order chi connectivity index (χ1) is 11.8. The zero-order chi connectivity index (χ0) is 16.8. The van der Waals surface area contributed by atoms with E-state index >= 15 is 0 Å². The molecule has 1 aliphatic heterocycles. The number of piperazine rings is 1. The van der Waals surface area contributed by atoms with Gasteiger partial charge in [0.2, 0.25) is 5.91 Å². The Balaban J connectivity index is 1.56. The Kier molecular flexibility index (Phi) is 5.17. The van der Waals surface area contributed by atoms with Crippen LogP contribution in [0.5, 0.6) is 0 Å². The summed E-state index contributed by atoms with van der Waals surface area (Å²) in [7, 11) is 1.53. The number of rotatable bonds is 5. The molecule has 1 aliphatic rings. The Morgan fingerprint density at radius 2 is 1.88 bits per heavy atom. The maximum Gasteiger partial charge on any atom is 0.248 e. The Hall–Kier alpha value is -2.74. The molecule has 0 spiro atoms. The van der Waals surface area contributed by atoms with E-state index in [0.29, 0.717) is 18.9 Å². The number of hydrogen-bond donors (Lipinski definition) is 1. The van der Waals surface area contributed by atoms with Gasteiger partial charge in [-0.05, 0) is 24.3 Å². The van der Waals surface area contributed by atoms with Gasteiger partial charge in [-0.25, -0.2) is 0 Å². The van der Waals surface area contributed by atoms with Crippen LogP contribution in [-0.2, 0) is 9.53 Å². The Morgan fingerprint density at radius 1 is 1.12 bits per heavy atom. The summed E-state index contributed by atoms with van der Waals surface area (Å²) in [6.07, 6.45) is 3.43. The van der Waals surface area contributed by atoms with Gasteiger partial charge in [-0.15, -0.1) is 10.2 Å². The summed E-state index contributed by atoms with van der Waals surface area (Å²) in [4.78, 5) is 19.7. The normalized spacial score (nSPS) is 14.5. The van der Waals surface area contributed by atoms with Crippen molar-refractivity contribution in [3.05, 3.63) is 36.7 Å².